The van der Waals surface area contributed by atoms with Crippen LogP contribution in [-0.4, -0.2) is 26.3 Å². The van der Waals surface area contributed by atoms with Crippen molar-refractivity contribution in [2.75, 3.05) is 5.32 Å². The van der Waals surface area contributed by atoms with E-state index in [9.17, 15) is 9.18 Å². The van der Waals surface area contributed by atoms with Gasteiger partial charge in [-0.05, 0) is 26.0 Å². The van der Waals surface area contributed by atoms with Crippen molar-refractivity contribution in [2.45, 2.75) is 24.3 Å². The van der Waals surface area contributed by atoms with Gasteiger partial charge in [-0.2, -0.15) is 0 Å². The number of H-pyrrole nitrogens is 1. The number of carbonyl (C=O) groups excluding carboxylic acids is 1. The van der Waals surface area contributed by atoms with Crippen molar-refractivity contribution in [3.05, 3.63) is 59.9 Å². The standard InChI is InChI=1S/C18H17FN4OS/c1-11-7-9-13(10-8-11)16-21-18(23-22-16)25-12(2)17(24)20-15-6-4-3-5-14(15)19/h3-10,12H,1-2H3,(H,20,24)(H,21,22,23)/t12-/m0/s1. The minimum Gasteiger partial charge on any atom is -0.323 e. The highest BCUT2D eigenvalue weighted by Crippen LogP contribution is 2.24. The number of thioether (sulfide) groups is 1. The third-order valence-electron chi connectivity index (χ3n) is 3.57. The molecule has 0 aliphatic heterocycles. The average molecular weight is 356 g/mol. The summed E-state index contributed by atoms with van der Waals surface area (Å²) < 4.78 is 13.6. The number of hydrogen-bond acceptors (Lipinski definition) is 4. The third-order valence-corrected chi connectivity index (χ3v) is 4.53. The molecule has 0 bridgehead atoms. The molecule has 0 aliphatic rings. The van der Waals surface area contributed by atoms with Crippen LogP contribution in [0.1, 0.15) is 12.5 Å². The summed E-state index contributed by atoms with van der Waals surface area (Å²) in [5.74, 6) is -0.131. The summed E-state index contributed by atoms with van der Waals surface area (Å²) in [6, 6.07) is 14.0. The number of aryl methyl sites for hydroxylation is 1. The summed E-state index contributed by atoms with van der Waals surface area (Å²) in [5.41, 5.74) is 2.25. The molecule has 0 aliphatic carbocycles. The Balaban J connectivity index is 1.65. The number of halogens is 1. The summed E-state index contributed by atoms with van der Waals surface area (Å²) in [4.78, 5) is 16.6. The molecule has 1 amide bonds. The molecule has 2 aromatic carbocycles. The van der Waals surface area contributed by atoms with Gasteiger partial charge in [-0.3, -0.25) is 9.89 Å². The summed E-state index contributed by atoms with van der Waals surface area (Å²) in [6.45, 7) is 3.74. The highest BCUT2D eigenvalue weighted by atomic mass is 32.2. The van der Waals surface area contributed by atoms with Crippen molar-refractivity contribution in [3.63, 3.8) is 0 Å². The number of benzene rings is 2. The first-order valence-electron chi connectivity index (χ1n) is 7.74. The molecule has 25 heavy (non-hydrogen) atoms. The van der Waals surface area contributed by atoms with E-state index < -0.39 is 11.1 Å². The Kier molecular flexibility index (Phi) is 5.14. The fraction of sp³-hybridized carbons (Fsp3) is 0.167. The van der Waals surface area contributed by atoms with Crippen LogP contribution in [-0.2, 0) is 4.79 Å². The number of nitrogens with one attached hydrogen (secondary N) is 2. The fourth-order valence-corrected chi connectivity index (χ4v) is 2.87. The Morgan fingerprint density at radius 2 is 1.92 bits per heavy atom. The van der Waals surface area contributed by atoms with Gasteiger partial charge in [0.25, 0.3) is 0 Å². The molecule has 3 aromatic rings. The fourth-order valence-electron chi connectivity index (χ4n) is 2.15. The van der Waals surface area contributed by atoms with Crippen LogP contribution >= 0.6 is 11.8 Å². The Morgan fingerprint density at radius 3 is 2.64 bits per heavy atom. The Morgan fingerprint density at radius 1 is 1.20 bits per heavy atom. The largest absolute Gasteiger partial charge is 0.323 e. The summed E-state index contributed by atoms with van der Waals surface area (Å²) in [7, 11) is 0. The lowest BCUT2D eigenvalue weighted by Gasteiger charge is -2.10. The Labute approximate surface area is 149 Å². The van der Waals surface area contributed by atoms with Gasteiger partial charge in [-0.25, -0.2) is 9.37 Å². The zero-order valence-electron chi connectivity index (χ0n) is 13.8. The van der Waals surface area contributed by atoms with E-state index in [1.54, 1.807) is 19.1 Å². The molecule has 5 nitrogen and oxygen atoms in total. The zero-order valence-corrected chi connectivity index (χ0v) is 14.6. The second kappa shape index (κ2) is 7.48. The predicted octanol–water partition coefficient (Wildman–Crippen LogP) is 4.04. The number of amides is 1. The quantitative estimate of drug-likeness (QED) is 0.677. The van der Waals surface area contributed by atoms with Crippen LogP contribution in [0.25, 0.3) is 11.4 Å². The predicted molar refractivity (Wildman–Crippen MR) is 96.9 cm³/mol. The van der Waals surface area contributed by atoms with Crippen molar-refractivity contribution >= 4 is 23.4 Å². The van der Waals surface area contributed by atoms with E-state index in [1.165, 1.54) is 23.9 Å². The first kappa shape index (κ1) is 17.2. The molecule has 0 unspecified atom stereocenters. The van der Waals surface area contributed by atoms with E-state index in [0.717, 1.165) is 11.1 Å². The van der Waals surface area contributed by atoms with Crippen molar-refractivity contribution in [2.24, 2.45) is 0 Å². The summed E-state index contributed by atoms with van der Waals surface area (Å²) >= 11 is 1.21. The van der Waals surface area contributed by atoms with Crippen molar-refractivity contribution in [1.29, 1.82) is 0 Å². The van der Waals surface area contributed by atoms with E-state index in [0.29, 0.717) is 11.0 Å². The molecule has 0 saturated heterocycles. The maximum Gasteiger partial charge on any atom is 0.237 e. The Hall–Kier alpha value is -2.67. The smallest absolute Gasteiger partial charge is 0.237 e. The van der Waals surface area contributed by atoms with Gasteiger partial charge in [0, 0.05) is 5.56 Å². The number of aromatic amines is 1. The van der Waals surface area contributed by atoms with E-state index in [4.69, 9.17) is 0 Å². The molecular formula is C18H17FN4OS. The zero-order chi connectivity index (χ0) is 17.8. The molecule has 1 heterocycles. The van der Waals surface area contributed by atoms with Crippen LogP contribution in [0, 0.1) is 12.7 Å². The normalized spacial score (nSPS) is 12.0. The lowest BCUT2D eigenvalue weighted by molar-refractivity contribution is -0.115. The van der Waals surface area contributed by atoms with E-state index in [1.807, 2.05) is 31.2 Å². The van der Waals surface area contributed by atoms with Crippen LogP contribution in [0.2, 0.25) is 0 Å². The number of rotatable bonds is 5. The molecule has 2 N–H and O–H groups in total. The lowest BCUT2D eigenvalue weighted by Crippen LogP contribution is -2.23. The number of para-hydroxylation sites is 1. The van der Waals surface area contributed by atoms with Crippen LogP contribution < -0.4 is 5.32 Å². The van der Waals surface area contributed by atoms with Gasteiger partial charge in [0.05, 0.1) is 10.9 Å². The average Bonchev–Trinajstić information content (AvgIpc) is 3.06. The van der Waals surface area contributed by atoms with Crippen molar-refractivity contribution in [3.8, 4) is 11.4 Å². The Bertz CT molecular complexity index is 879. The van der Waals surface area contributed by atoms with E-state index in [-0.39, 0.29) is 11.6 Å². The maximum atomic E-state index is 13.6. The van der Waals surface area contributed by atoms with Crippen molar-refractivity contribution < 1.29 is 9.18 Å². The van der Waals surface area contributed by atoms with Crippen LogP contribution in [0.15, 0.2) is 53.7 Å². The molecule has 0 fully saturated rings. The molecule has 0 saturated carbocycles. The van der Waals surface area contributed by atoms with E-state index >= 15 is 0 Å². The second-order valence-electron chi connectivity index (χ2n) is 5.56. The van der Waals surface area contributed by atoms with Gasteiger partial charge in [0.15, 0.2) is 5.82 Å². The highest BCUT2D eigenvalue weighted by Gasteiger charge is 2.18. The minimum absolute atomic E-state index is 0.162. The highest BCUT2D eigenvalue weighted by molar-refractivity contribution is 8.00. The topological polar surface area (TPSA) is 70.7 Å². The summed E-state index contributed by atoms with van der Waals surface area (Å²) in [5, 5.41) is 9.57. The monoisotopic (exact) mass is 356 g/mol. The second-order valence-corrected chi connectivity index (χ2v) is 6.87. The number of anilines is 1. The number of hydrogen-bond donors (Lipinski definition) is 2. The molecule has 1 aromatic heterocycles. The summed E-state index contributed by atoms with van der Waals surface area (Å²) in [6.07, 6.45) is 0. The van der Waals surface area contributed by atoms with E-state index in [2.05, 4.69) is 20.5 Å². The maximum absolute atomic E-state index is 13.6. The van der Waals surface area contributed by atoms with Crippen LogP contribution in [0.5, 0.6) is 0 Å². The molecule has 7 heteroatoms. The SMILES string of the molecule is Cc1ccc(-c2nc(S[C@@H](C)C(=O)Nc3ccccc3F)n[nH]2)cc1. The van der Waals surface area contributed by atoms with Gasteiger partial charge in [-0.1, -0.05) is 53.7 Å². The third kappa shape index (κ3) is 4.24. The van der Waals surface area contributed by atoms with Gasteiger partial charge < -0.3 is 5.32 Å². The number of aromatic nitrogens is 3. The lowest BCUT2D eigenvalue weighted by atomic mass is 10.1. The first-order valence-corrected chi connectivity index (χ1v) is 8.62. The van der Waals surface area contributed by atoms with Crippen LogP contribution in [0.3, 0.4) is 0 Å². The molecule has 0 radical (unpaired) electrons. The molecule has 1 atom stereocenters. The van der Waals surface area contributed by atoms with Crippen molar-refractivity contribution in [1.82, 2.24) is 15.2 Å². The molecule has 128 valence electrons. The van der Waals surface area contributed by atoms with Gasteiger partial charge in [0.1, 0.15) is 5.82 Å². The minimum atomic E-state index is -0.471. The van der Waals surface area contributed by atoms with Gasteiger partial charge in [0.2, 0.25) is 11.1 Å². The number of nitrogens with zero attached hydrogens (tertiary/aromatic N) is 2. The van der Waals surface area contributed by atoms with Gasteiger partial charge >= 0.3 is 0 Å². The first-order chi connectivity index (χ1) is 12.0. The molecule has 3 rings (SSSR count). The number of carbonyl (C=O) groups is 1. The van der Waals surface area contributed by atoms with Crippen LogP contribution in [0.4, 0.5) is 10.1 Å². The molecule has 0 spiro atoms. The molecular weight excluding hydrogens is 339 g/mol. The van der Waals surface area contributed by atoms with Gasteiger partial charge in [-0.15, -0.1) is 5.10 Å².